The number of imide groups is 1. The third-order valence-corrected chi connectivity index (χ3v) is 4.80. The third kappa shape index (κ3) is 3.09. The van der Waals surface area contributed by atoms with E-state index in [1.165, 1.54) is 7.05 Å². The Kier molecular flexibility index (Phi) is 4.48. The number of nitrogens with one attached hydrogen (secondary N) is 2. The number of hydrogen-bond acceptors (Lipinski definition) is 3. The molecule has 7 heteroatoms. The molecule has 0 radical (unpaired) electrons. The molecule has 5 amide bonds. The number of benzene rings is 1. The number of likely N-dealkylation sites (N-methyl/N-ethyl adjacent to an activating group) is 1. The van der Waals surface area contributed by atoms with Crippen molar-refractivity contribution in [3.05, 3.63) is 42.5 Å². The summed E-state index contributed by atoms with van der Waals surface area (Å²) in [7, 11) is 1.45. The average molecular weight is 342 g/mol. The number of amides is 5. The van der Waals surface area contributed by atoms with Gasteiger partial charge in [-0.3, -0.25) is 9.69 Å². The third-order valence-electron chi connectivity index (χ3n) is 4.80. The van der Waals surface area contributed by atoms with Gasteiger partial charge in [0.2, 0.25) is 0 Å². The van der Waals surface area contributed by atoms with Crippen molar-refractivity contribution >= 4 is 23.7 Å². The molecule has 0 aromatic heterocycles. The van der Waals surface area contributed by atoms with E-state index in [1.54, 1.807) is 4.90 Å². The van der Waals surface area contributed by atoms with E-state index in [1.807, 2.05) is 30.3 Å². The van der Waals surface area contributed by atoms with Crippen molar-refractivity contribution in [1.82, 2.24) is 15.1 Å². The molecule has 2 saturated heterocycles. The molecule has 0 unspecified atom stereocenters. The lowest BCUT2D eigenvalue weighted by Crippen LogP contribution is -2.50. The zero-order valence-electron chi connectivity index (χ0n) is 14.2. The first-order chi connectivity index (χ1) is 12.0. The second-order valence-corrected chi connectivity index (χ2v) is 6.46. The monoisotopic (exact) mass is 342 g/mol. The molecule has 2 fully saturated rings. The molecular formula is C18H22N4O3. The van der Waals surface area contributed by atoms with Crippen LogP contribution in [0, 0.1) is 0 Å². The molecule has 0 saturated carbocycles. The lowest BCUT2D eigenvalue weighted by molar-refractivity contribution is -0.129. The van der Waals surface area contributed by atoms with Crippen LogP contribution in [0.3, 0.4) is 0 Å². The normalized spacial score (nSPS) is 22.4. The highest BCUT2D eigenvalue weighted by molar-refractivity contribution is 6.07. The van der Waals surface area contributed by atoms with Crippen LogP contribution < -0.4 is 10.6 Å². The molecule has 2 aliphatic heterocycles. The fourth-order valence-corrected chi connectivity index (χ4v) is 3.33. The first-order valence-corrected chi connectivity index (χ1v) is 8.32. The Morgan fingerprint density at radius 1 is 1.40 bits per heavy atom. The quantitative estimate of drug-likeness (QED) is 0.648. The van der Waals surface area contributed by atoms with Gasteiger partial charge in [0, 0.05) is 19.3 Å². The number of likely N-dealkylation sites (tertiary alicyclic amines) is 1. The van der Waals surface area contributed by atoms with E-state index >= 15 is 0 Å². The lowest BCUT2D eigenvalue weighted by Gasteiger charge is -2.22. The largest absolute Gasteiger partial charge is 0.324 e. The van der Waals surface area contributed by atoms with Crippen LogP contribution in [0.2, 0.25) is 0 Å². The molecule has 1 aromatic rings. The summed E-state index contributed by atoms with van der Waals surface area (Å²) in [6.45, 7) is 4.32. The van der Waals surface area contributed by atoms with Crippen molar-refractivity contribution in [1.29, 1.82) is 0 Å². The molecule has 25 heavy (non-hydrogen) atoms. The lowest BCUT2D eigenvalue weighted by atomic mass is 9.99. The minimum atomic E-state index is -0.981. The molecule has 1 aromatic carbocycles. The van der Waals surface area contributed by atoms with Crippen LogP contribution in [0.1, 0.15) is 18.4 Å². The molecule has 2 aliphatic rings. The molecule has 2 N–H and O–H groups in total. The number of carbonyl (C=O) groups excluding carboxylic acids is 3. The van der Waals surface area contributed by atoms with E-state index in [-0.39, 0.29) is 18.5 Å². The van der Waals surface area contributed by atoms with Crippen LogP contribution in [0.15, 0.2) is 36.9 Å². The summed E-state index contributed by atoms with van der Waals surface area (Å²) >= 11 is 0. The summed E-state index contributed by atoms with van der Waals surface area (Å²) < 4.78 is 0. The van der Waals surface area contributed by atoms with Crippen LogP contribution in [-0.4, -0.2) is 53.4 Å². The van der Waals surface area contributed by atoms with Gasteiger partial charge in [0.05, 0.1) is 6.54 Å². The van der Waals surface area contributed by atoms with Crippen LogP contribution in [0.4, 0.5) is 15.3 Å². The van der Waals surface area contributed by atoms with Crippen molar-refractivity contribution in [3.8, 4) is 0 Å². The van der Waals surface area contributed by atoms with Crippen molar-refractivity contribution in [2.24, 2.45) is 0 Å². The number of anilines is 1. The second-order valence-electron chi connectivity index (χ2n) is 6.46. The van der Waals surface area contributed by atoms with Gasteiger partial charge >= 0.3 is 12.1 Å². The Morgan fingerprint density at radius 3 is 2.84 bits per heavy atom. The summed E-state index contributed by atoms with van der Waals surface area (Å²) in [5.41, 5.74) is 0.815. The van der Waals surface area contributed by atoms with Gasteiger partial charge in [-0.1, -0.05) is 24.3 Å². The minimum Gasteiger partial charge on any atom is -0.322 e. The maximum absolute atomic E-state index is 12.6. The topological polar surface area (TPSA) is 81.8 Å². The molecule has 3 rings (SSSR count). The van der Waals surface area contributed by atoms with Crippen LogP contribution in [-0.2, 0) is 11.2 Å². The number of rotatable bonds is 4. The summed E-state index contributed by atoms with van der Waals surface area (Å²) in [6, 6.07) is 6.95. The molecule has 2 heterocycles. The van der Waals surface area contributed by atoms with Crippen molar-refractivity contribution in [3.63, 3.8) is 0 Å². The molecular weight excluding hydrogens is 320 g/mol. The zero-order chi connectivity index (χ0) is 18.0. The van der Waals surface area contributed by atoms with Crippen molar-refractivity contribution in [2.45, 2.75) is 24.8 Å². The number of nitrogens with zero attached hydrogens (tertiary/aromatic N) is 2. The van der Waals surface area contributed by atoms with E-state index in [0.717, 1.165) is 29.0 Å². The van der Waals surface area contributed by atoms with Gasteiger partial charge in [-0.25, -0.2) is 9.59 Å². The fraction of sp³-hybridized carbons (Fsp3) is 0.389. The SMILES string of the molecule is C=CCCc1ccccc1NC(=O)N1CC[C@@]2(C1)NC(=O)N(C)C2=O. The van der Waals surface area contributed by atoms with E-state index in [0.29, 0.717) is 13.0 Å². The molecule has 0 bridgehead atoms. The van der Waals surface area contributed by atoms with Gasteiger partial charge in [0.15, 0.2) is 0 Å². The van der Waals surface area contributed by atoms with Gasteiger partial charge in [-0.05, 0) is 30.9 Å². The first kappa shape index (κ1) is 17.0. The number of carbonyl (C=O) groups is 3. The minimum absolute atomic E-state index is 0.183. The molecule has 1 atom stereocenters. The maximum Gasteiger partial charge on any atom is 0.324 e. The van der Waals surface area contributed by atoms with Crippen LogP contribution in [0.5, 0.6) is 0 Å². The Labute approximate surface area is 146 Å². The number of aryl methyl sites for hydroxylation is 1. The predicted octanol–water partition coefficient (Wildman–Crippen LogP) is 1.96. The Bertz CT molecular complexity index is 733. The molecule has 7 nitrogen and oxygen atoms in total. The Morgan fingerprint density at radius 2 is 2.16 bits per heavy atom. The summed E-state index contributed by atoms with van der Waals surface area (Å²) in [6.07, 6.45) is 3.89. The van der Waals surface area contributed by atoms with Gasteiger partial charge in [-0.2, -0.15) is 0 Å². The number of hydrogen-bond donors (Lipinski definition) is 2. The first-order valence-electron chi connectivity index (χ1n) is 8.32. The number of urea groups is 2. The Hall–Kier alpha value is -2.83. The van der Waals surface area contributed by atoms with Crippen LogP contribution >= 0.6 is 0 Å². The van der Waals surface area contributed by atoms with Gasteiger partial charge in [0.25, 0.3) is 5.91 Å². The summed E-state index contributed by atoms with van der Waals surface area (Å²) in [4.78, 5) is 39.3. The highest BCUT2D eigenvalue weighted by Gasteiger charge is 2.54. The maximum atomic E-state index is 12.6. The van der Waals surface area contributed by atoms with Gasteiger partial charge in [-0.15, -0.1) is 6.58 Å². The van der Waals surface area contributed by atoms with E-state index < -0.39 is 11.6 Å². The fourth-order valence-electron chi connectivity index (χ4n) is 3.33. The summed E-state index contributed by atoms with van der Waals surface area (Å²) in [5, 5.41) is 5.64. The number of para-hydroxylation sites is 1. The number of allylic oxidation sites excluding steroid dienone is 1. The van der Waals surface area contributed by atoms with E-state index in [9.17, 15) is 14.4 Å². The highest BCUT2D eigenvalue weighted by atomic mass is 16.2. The summed E-state index contributed by atoms with van der Waals surface area (Å²) in [5.74, 6) is -0.279. The Balaban J connectivity index is 1.69. The molecule has 1 spiro atoms. The van der Waals surface area contributed by atoms with E-state index in [4.69, 9.17) is 0 Å². The van der Waals surface area contributed by atoms with Crippen LogP contribution in [0.25, 0.3) is 0 Å². The molecule has 0 aliphatic carbocycles. The standard InChI is InChI=1S/C18H22N4O3/c1-3-4-7-13-8-5-6-9-14(13)19-16(24)22-11-10-18(12-22)15(23)21(2)17(25)20-18/h3,5-6,8-9H,1,4,7,10-12H2,2H3,(H,19,24)(H,20,25)/t18-/m0/s1. The highest BCUT2D eigenvalue weighted by Crippen LogP contribution is 2.28. The average Bonchev–Trinajstić information content (AvgIpc) is 3.12. The van der Waals surface area contributed by atoms with Crippen molar-refractivity contribution in [2.75, 3.05) is 25.5 Å². The molecule has 132 valence electrons. The zero-order valence-corrected chi connectivity index (χ0v) is 14.2. The smallest absolute Gasteiger partial charge is 0.322 e. The predicted molar refractivity (Wildman–Crippen MR) is 94.2 cm³/mol. The van der Waals surface area contributed by atoms with Gasteiger partial charge < -0.3 is 15.5 Å². The van der Waals surface area contributed by atoms with Crippen molar-refractivity contribution < 1.29 is 14.4 Å². The van der Waals surface area contributed by atoms with Gasteiger partial charge in [0.1, 0.15) is 5.54 Å². The second kappa shape index (κ2) is 6.58. The van der Waals surface area contributed by atoms with E-state index in [2.05, 4.69) is 17.2 Å².